The van der Waals surface area contributed by atoms with Crippen molar-refractivity contribution >= 4 is 29.9 Å². The van der Waals surface area contributed by atoms with Crippen LogP contribution in [0.2, 0.25) is 0 Å². The number of aryl methyl sites for hydroxylation is 1. The molecule has 2 aromatic carbocycles. The molecule has 2 rings (SSSR count). The van der Waals surface area contributed by atoms with Gasteiger partial charge in [0.2, 0.25) is 5.75 Å². The lowest BCUT2D eigenvalue weighted by Gasteiger charge is -2.14. The molecule has 0 aliphatic carbocycles. The monoisotopic (exact) mass is 499 g/mol. The summed E-state index contributed by atoms with van der Waals surface area (Å²) in [5, 5.41) is 16.7. The van der Waals surface area contributed by atoms with Gasteiger partial charge in [0.25, 0.3) is 0 Å². The van der Waals surface area contributed by atoms with Gasteiger partial charge in [0.05, 0.1) is 20.8 Å². The van der Waals surface area contributed by atoms with Gasteiger partial charge < -0.3 is 25.2 Å². The first-order chi connectivity index (χ1) is 13.1. The van der Waals surface area contributed by atoms with Gasteiger partial charge in [0.15, 0.2) is 17.5 Å². The van der Waals surface area contributed by atoms with Crippen molar-refractivity contribution in [1.82, 2.24) is 10.6 Å². The third kappa shape index (κ3) is 6.47. The maximum atomic E-state index is 10.0. The lowest BCUT2D eigenvalue weighted by atomic mass is 10.1. The van der Waals surface area contributed by atoms with Gasteiger partial charge >= 0.3 is 0 Å². The summed E-state index contributed by atoms with van der Waals surface area (Å²) in [6.45, 7) is 6.09. The van der Waals surface area contributed by atoms with Crippen molar-refractivity contribution in [2.75, 3.05) is 20.8 Å². The molecule has 0 unspecified atom stereocenters. The quantitative estimate of drug-likeness (QED) is 0.293. The Bertz CT molecular complexity index is 756. The van der Waals surface area contributed by atoms with E-state index in [0.29, 0.717) is 24.6 Å². The molecule has 0 spiro atoms. The Hall–Kier alpha value is -2.16. The molecule has 154 valence electrons. The van der Waals surface area contributed by atoms with E-state index in [9.17, 15) is 5.11 Å². The molecule has 0 heterocycles. The van der Waals surface area contributed by atoms with E-state index >= 15 is 0 Å². The molecule has 0 amide bonds. The number of aromatic hydroxyl groups is 1. The number of hydrogen-bond acceptors (Lipinski definition) is 4. The van der Waals surface area contributed by atoms with Crippen LogP contribution in [0, 0.1) is 0 Å². The van der Waals surface area contributed by atoms with Gasteiger partial charge in [-0.05, 0) is 42.2 Å². The first-order valence-electron chi connectivity index (χ1n) is 9.15. The molecule has 0 aliphatic heterocycles. The Morgan fingerprint density at radius 2 is 1.61 bits per heavy atom. The topological polar surface area (TPSA) is 75.1 Å². The summed E-state index contributed by atoms with van der Waals surface area (Å²) in [6.07, 6.45) is 0.999. The number of nitrogens with zero attached hydrogens (tertiary/aromatic N) is 1. The zero-order valence-electron chi connectivity index (χ0n) is 16.9. The Balaban J connectivity index is 0.00000392. The molecule has 0 fully saturated rings. The van der Waals surface area contributed by atoms with E-state index in [0.717, 1.165) is 24.5 Å². The summed E-state index contributed by atoms with van der Waals surface area (Å²) >= 11 is 0. The molecule has 6 nitrogen and oxygen atoms in total. The van der Waals surface area contributed by atoms with Crippen molar-refractivity contribution in [2.45, 2.75) is 33.4 Å². The highest BCUT2D eigenvalue weighted by atomic mass is 127. The second-order valence-corrected chi connectivity index (χ2v) is 6.02. The molecular weight excluding hydrogens is 469 g/mol. The van der Waals surface area contributed by atoms with E-state index in [1.165, 1.54) is 25.3 Å². The predicted octanol–water partition coefficient (Wildman–Crippen LogP) is 3.85. The number of benzene rings is 2. The zero-order chi connectivity index (χ0) is 19.6. The number of methoxy groups -OCH3 is 2. The van der Waals surface area contributed by atoms with Crippen LogP contribution >= 0.6 is 24.0 Å². The van der Waals surface area contributed by atoms with E-state index in [2.05, 4.69) is 46.8 Å². The van der Waals surface area contributed by atoms with Crippen molar-refractivity contribution in [3.63, 3.8) is 0 Å². The standard InChI is InChI=1S/C21H29N3O3.HI/c1-5-16-9-7-8-10-17(16)14-24-21(22-6-2)23-13-15-11-18(26-3)20(25)19(12-15)27-4;/h7-12,25H,5-6,13-14H2,1-4H3,(H2,22,23,24);1H. The summed E-state index contributed by atoms with van der Waals surface area (Å²) in [5.41, 5.74) is 3.47. The number of phenolic OH excluding ortho intramolecular Hbond substituents is 1. The molecule has 0 aromatic heterocycles. The molecule has 0 aliphatic rings. The number of guanidine groups is 1. The van der Waals surface area contributed by atoms with Crippen LogP contribution in [0.25, 0.3) is 0 Å². The second kappa shape index (κ2) is 12.3. The summed E-state index contributed by atoms with van der Waals surface area (Å²) < 4.78 is 10.4. The Morgan fingerprint density at radius 3 is 2.14 bits per heavy atom. The van der Waals surface area contributed by atoms with Gasteiger partial charge in [0.1, 0.15) is 0 Å². The van der Waals surface area contributed by atoms with Crippen LogP contribution in [0.15, 0.2) is 41.4 Å². The third-order valence-electron chi connectivity index (χ3n) is 4.25. The average Bonchev–Trinajstić information content (AvgIpc) is 2.70. The highest BCUT2D eigenvalue weighted by Gasteiger charge is 2.11. The summed E-state index contributed by atoms with van der Waals surface area (Å²) in [6, 6.07) is 11.9. The SMILES string of the molecule is CCNC(=NCc1cc(OC)c(O)c(OC)c1)NCc1ccccc1CC.I. The molecule has 3 N–H and O–H groups in total. The van der Waals surface area contributed by atoms with Crippen LogP contribution in [-0.4, -0.2) is 31.8 Å². The van der Waals surface area contributed by atoms with Crippen molar-refractivity contribution in [3.8, 4) is 17.2 Å². The lowest BCUT2D eigenvalue weighted by Crippen LogP contribution is -2.37. The number of halogens is 1. The summed E-state index contributed by atoms with van der Waals surface area (Å²) in [5.74, 6) is 1.46. The van der Waals surface area contributed by atoms with Gasteiger partial charge in [-0.1, -0.05) is 31.2 Å². The van der Waals surface area contributed by atoms with Gasteiger partial charge in [-0.2, -0.15) is 0 Å². The van der Waals surface area contributed by atoms with Crippen LogP contribution < -0.4 is 20.1 Å². The number of ether oxygens (including phenoxy) is 2. The maximum absolute atomic E-state index is 10.0. The number of hydrogen-bond donors (Lipinski definition) is 3. The fourth-order valence-corrected chi connectivity index (χ4v) is 2.80. The fourth-order valence-electron chi connectivity index (χ4n) is 2.80. The highest BCUT2D eigenvalue weighted by Crippen LogP contribution is 2.37. The molecule has 0 saturated heterocycles. The first kappa shape index (κ1) is 23.9. The predicted molar refractivity (Wildman–Crippen MR) is 124 cm³/mol. The van der Waals surface area contributed by atoms with E-state index in [-0.39, 0.29) is 29.7 Å². The third-order valence-corrected chi connectivity index (χ3v) is 4.25. The van der Waals surface area contributed by atoms with Crippen molar-refractivity contribution in [2.24, 2.45) is 4.99 Å². The molecule has 0 radical (unpaired) electrons. The minimum absolute atomic E-state index is 0. The Kier molecular flexibility index (Phi) is 10.5. The molecule has 28 heavy (non-hydrogen) atoms. The van der Waals surface area contributed by atoms with Crippen molar-refractivity contribution in [1.29, 1.82) is 0 Å². The molecular formula is C21H30IN3O3. The number of nitrogens with one attached hydrogen (secondary N) is 2. The molecule has 0 atom stereocenters. The van der Waals surface area contributed by atoms with Crippen molar-refractivity contribution in [3.05, 3.63) is 53.1 Å². The van der Waals surface area contributed by atoms with Gasteiger partial charge in [-0.3, -0.25) is 0 Å². The van der Waals surface area contributed by atoms with Crippen LogP contribution in [0.5, 0.6) is 17.2 Å². The molecule has 0 bridgehead atoms. The maximum Gasteiger partial charge on any atom is 0.200 e. The van der Waals surface area contributed by atoms with E-state index in [1.807, 2.05) is 6.92 Å². The van der Waals surface area contributed by atoms with Crippen LogP contribution in [-0.2, 0) is 19.5 Å². The van der Waals surface area contributed by atoms with E-state index in [1.54, 1.807) is 12.1 Å². The number of rotatable bonds is 8. The zero-order valence-corrected chi connectivity index (χ0v) is 19.2. The molecule has 7 heteroatoms. The van der Waals surface area contributed by atoms with Crippen molar-refractivity contribution < 1.29 is 14.6 Å². The highest BCUT2D eigenvalue weighted by molar-refractivity contribution is 14.0. The Labute approximate surface area is 184 Å². The van der Waals surface area contributed by atoms with E-state index < -0.39 is 0 Å². The number of phenols is 1. The van der Waals surface area contributed by atoms with Crippen LogP contribution in [0.1, 0.15) is 30.5 Å². The van der Waals surface area contributed by atoms with Gasteiger partial charge in [-0.25, -0.2) is 4.99 Å². The average molecular weight is 499 g/mol. The second-order valence-electron chi connectivity index (χ2n) is 6.02. The lowest BCUT2D eigenvalue weighted by molar-refractivity contribution is 0.339. The van der Waals surface area contributed by atoms with E-state index in [4.69, 9.17) is 9.47 Å². The minimum atomic E-state index is -0.00562. The largest absolute Gasteiger partial charge is 0.502 e. The van der Waals surface area contributed by atoms with Gasteiger partial charge in [-0.15, -0.1) is 24.0 Å². The summed E-state index contributed by atoms with van der Waals surface area (Å²) in [7, 11) is 3.02. The fraction of sp³-hybridized carbons (Fsp3) is 0.381. The molecule has 0 saturated carbocycles. The normalized spacial score (nSPS) is 10.8. The minimum Gasteiger partial charge on any atom is -0.502 e. The smallest absolute Gasteiger partial charge is 0.200 e. The first-order valence-corrected chi connectivity index (χ1v) is 9.15. The number of aliphatic imine (C=N–C) groups is 1. The van der Waals surface area contributed by atoms with Gasteiger partial charge in [0, 0.05) is 13.1 Å². The Morgan fingerprint density at radius 1 is 1.00 bits per heavy atom. The summed E-state index contributed by atoms with van der Waals surface area (Å²) in [4.78, 5) is 4.64. The van der Waals surface area contributed by atoms with Crippen LogP contribution in [0.4, 0.5) is 0 Å². The van der Waals surface area contributed by atoms with Crippen LogP contribution in [0.3, 0.4) is 0 Å². The molecule has 2 aromatic rings.